The quantitative estimate of drug-likeness (QED) is 0.0692. The number of carboxylic acid groups (broad SMARTS) is 3. The minimum atomic E-state index is -1.01. The number of fused-ring (bicyclic) bond motifs is 6. The van der Waals surface area contributed by atoms with Crippen molar-refractivity contribution < 1.29 is 57.2 Å². The predicted molar refractivity (Wildman–Crippen MR) is 398 cm³/mol. The molecule has 12 aromatic rings. The van der Waals surface area contributed by atoms with Crippen LogP contribution in [0.2, 0.25) is 0 Å². The highest BCUT2D eigenvalue weighted by Gasteiger charge is 2.22. The van der Waals surface area contributed by atoms with Crippen molar-refractivity contribution in [1.29, 1.82) is 0 Å². The van der Waals surface area contributed by atoms with E-state index in [1.54, 1.807) is 73.7 Å². The van der Waals surface area contributed by atoms with E-state index in [1.165, 1.54) is 6.07 Å². The Morgan fingerprint density at radius 3 is 1.26 bits per heavy atom. The molecular formula is C77H68Br3IO15. The first-order chi connectivity index (χ1) is 45.4. The van der Waals surface area contributed by atoms with Crippen molar-refractivity contribution in [1.82, 2.24) is 0 Å². The van der Waals surface area contributed by atoms with Gasteiger partial charge in [0.15, 0.2) is 11.3 Å². The van der Waals surface area contributed by atoms with Crippen molar-refractivity contribution in [3.63, 3.8) is 0 Å². The number of carboxylic acids is 3. The molecule has 0 spiro atoms. The maximum Gasteiger partial charge on any atom is 0.339 e. The number of carbonyl (C=O) groups is 4. The molecular weight excluding hydrogens is 1530 g/mol. The van der Waals surface area contributed by atoms with Gasteiger partial charge in [0, 0.05) is 19.2 Å². The van der Waals surface area contributed by atoms with Crippen LogP contribution in [0.5, 0.6) is 11.5 Å². The van der Waals surface area contributed by atoms with E-state index in [9.17, 15) is 38.7 Å². The molecule has 3 aromatic heterocycles. The van der Waals surface area contributed by atoms with Gasteiger partial charge in [-0.2, -0.15) is 0 Å². The maximum absolute atomic E-state index is 13.0. The van der Waals surface area contributed by atoms with Crippen molar-refractivity contribution in [2.45, 2.75) is 103 Å². The molecule has 0 atom stereocenters. The van der Waals surface area contributed by atoms with Crippen molar-refractivity contribution in [2.75, 3.05) is 6.61 Å². The van der Waals surface area contributed by atoms with Crippen LogP contribution in [0.1, 0.15) is 106 Å². The van der Waals surface area contributed by atoms with E-state index in [-0.39, 0.29) is 40.7 Å². The van der Waals surface area contributed by atoms with Crippen molar-refractivity contribution in [3.8, 4) is 11.5 Å². The van der Waals surface area contributed by atoms with Gasteiger partial charge >= 0.3 is 23.9 Å². The number of aliphatic carboxylic acids is 1. The average Bonchev–Trinajstić information content (AvgIpc) is 0.765. The fourth-order valence-electron chi connectivity index (χ4n) is 11.1. The molecule has 3 heterocycles. The minimum Gasteiger partial charge on any atom is -0.481 e. The molecule has 96 heavy (non-hydrogen) atoms. The van der Waals surface area contributed by atoms with Crippen LogP contribution < -0.4 is 21.0 Å². The third-order valence-corrected chi connectivity index (χ3v) is 20.3. The Balaban J connectivity index is 0.000000156. The number of aryl methyl sites for hydroxylation is 11. The van der Waals surface area contributed by atoms with E-state index in [4.69, 9.17) is 32.9 Å². The van der Waals surface area contributed by atoms with Gasteiger partial charge in [0.2, 0.25) is 16.3 Å². The predicted octanol–water partition coefficient (Wildman–Crippen LogP) is 19.7. The topological polar surface area (TPSA) is 238 Å². The standard InChI is InChI=1S/C20H20O4.C18H16O4.C16H15BrO3.C16H13BrO2.C7H4BrIO2/c1-5-23-16(21)10-14-7-6-8-15-18(22)17-12(3)9-11(2)13(4)19(17)24-20(14)15;1-9-7-10(2)15-16(21)13-6-4-5-12(8-14(19)20)18(13)22-17(15)11(9)3;1-9-7-10(2)11(3)14(8-9)20-15-12(16(18)19)5-4-6-13(15)17;1-8-7-9(2)13-14(18)11-5-4-6-12(17)16(11)19-15(13)10(8)3;8-5-3-1-2-4(6(5)9)7(10)11/h6-9H,5,10H2,1-4H3;4-7H,8H2,1-3H3,(H,19,20);4-8H,1-3H3,(H,18,19);4-7H,1-3H3;1-3H,(H,10,11). The molecule has 12 rings (SSSR count). The lowest BCUT2D eigenvalue weighted by Gasteiger charge is -2.14. The zero-order valence-corrected chi connectivity index (χ0v) is 61.8. The van der Waals surface area contributed by atoms with Gasteiger partial charge in [0.05, 0.1) is 66.3 Å². The van der Waals surface area contributed by atoms with Gasteiger partial charge < -0.3 is 38.0 Å². The molecule has 0 fully saturated rings. The molecule has 0 bridgehead atoms. The normalized spacial score (nSPS) is 10.9. The van der Waals surface area contributed by atoms with Gasteiger partial charge in [-0.1, -0.05) is 66.7 Å². The highest BCUT2D eigenvalue weighted by Crippen LogP contribution is 2.37. The van der Waals surface area contributed by atoms with E-state index in [0.29, 0.717) is 105 Å². The van der Waals surface area contributed by atoms with Gasteiger partial charge in [-0.15, -0.1) is 0 Å². The molecule has 19 heteroatoms. The molecule has 0 radical (unpaired) electrons. The summed E-state index contributed by atoms with van der Waals surface area (Å²) in [5, 5.41) is 30.4. The Hall–Kier alpha value is -8.76. The summed E-state index contributed by atoms with van der Waals surface area (Å²) >= 11 is 12.0. The Bertz CT molecular complexity index is 5330. The molecule has 3 N–H and O–H groups in total. The Morgan fingerprint density at radius 2 is 0.823 bits per heavy atom. The first-order valence-electron chi connectivity index (χ1n) is 30.2. The summed E-state index contributed by atoms with van der Waals surface area (Å²) in [6.07, 6.45) is -0.0842. The molecule has 0 saturated carbocycles. The molecule has 9 aromatic carbocycles. The molecule has 0 unspecified atom stereocenters. The second kappa shape index (κ2) is 31.0. The second-order valence-corrected chi connectivity index (χ2v) is 26.8. The lowest BCUT2D eigenvalue weighted by Crippen LogP contribution is -2.10. The molecule has 0 saturated heterocycles. The second-order valence-electron chi connectivity index (χ2n) is 23.2. The van der Waals surface area contributed by atoms with Gasteiger partial charge in [-0.25, -0.2) is 9.59 Å². The zero-order valence-electron chi connectivity index (χ0n) is 54.9. The van der Waals surface area contributed by atoms with Gasteiger partial charge in [-0.05, 0) is 282 Å². The summed E-state index contributed by atoms with van der Waals surface area (Å²) in [5.74, 6) is -2.18. The summed E-state index contributed by atoms with van der Waals surface area (Å²) in [6.45, 7) is 25.6. The van der Waals surface area contributed by atoms with Crippen molar-refractivity contribution in [3.05, 3.63) is 258 Å². The number of rotatable bonds is 9. The molecule has 0 aliphatic carbocycles. The highest BCUT2D eigenvalue weighted by molar-refractivity contribution is 14.1. The SMILES string of the molecule is CCOC(=O)Cc1cccc2c(=O)c3c(C)cc(C)c(C)c3oc12.Cc1cc(C)c(C)c(Oc2c(Br)cccc2C(=O)O)c1.Cc1cc(C)c2c(=O)c3cccc(Br)c3oc2c1C.Cc1cc(C)c2c(=O)c3cccc(CC(=O)O)c3oc2c1C.O=C(O)c1cccc(Br)c1I. The highest BCUT2D eigenvalue weighted by atomic mass is 127. The van der Waals surface area contributed by atoms with Crippen LogP contribution in [-0.4, -0.2) is 45.8 Å². The van der Waals surface area contributed by atoms with E-state index < -0.39 is 17.9 Å². The number of halogens is 4. The summed E-state index contributed by atoms with van der Waals surface area (Å²) in [7, 11) is 0. The third-order valence-electron chi connectivity index (χ3n) is 16.5. The van der Waals surface area contributed by atoms with Crippen LogP contribution in [0.3, 0.4) is 0 Å². The van der Waals surface area contributed by atoms with Gasteiger partial charge in [0.25, 0.3) is 0 Å². The lowest BCUT2D eigenvalue weighted by molar-refractivity contribution is -0.142. The summed E-state index contributed by atoms with van der Waals surface area (Å²) in [5.41, 5.74) is 16.9. The Kier molecular flexibility index (Phi) is 23.6. The average molecular weight is 1600 g/mol. The molecule has 0 aliphatic heterocycles. The van der Waals surface area contributed by atoms with Crippen LogP contribution in [0.25, 0.3) is 65.8 Å². The summed E-state index contributed by atoms with van der Waals surface area (Å²) in [4.78, 5) is 83.1. The number of carbonyl (C=O) groups excluding carboxylic acids is 1. The maximum atomic E-state index is 13.0. The van der Waals surface area contributed by atoms with Crippen LogP contribution >= 0.6 is 70.4 Å². The van der Waals surface area contributed by atoms with Crippen LogP contribution in [0, 0.1) is 86.7 Å². The number of benzene rings is 9. The monoisotopic (exact) mass is 1600 g/mol. The number of hydrogen-bond donors (Lipinski definition) is 3. The number of hydrogen-bond acceptors (Lipinski definition) is 12. The summed E-state index contributed by atoms with van der Waals surface area (Å²) < 4.78 is 32.0. The lowest BCUT2D eigenvalue weighted by atomic mass is 9.99. The Labute approximate surface area is 591 Å². The van der Waals surface area contributed by atoms with Gasteiger partial charge in [-0.3, -0.25) is 24.0 Å². The van der Waals surface area contributed by atoms with E-state index in [0.717, 1.165) is 79.3 Å². The van der Waals surface area contributed by atoms with E-state index in [2.05, 4.69) is 53.9 Å². The Morgan fingerprint density at radius 1 is 0.438 bits per heavy atom. The van der Waals surface area contributed by atoms with Crippen LogP contribution in [-0.2, 0) is 27.2 Å². The molecule has 0 amide bonds. The number of esters is 1. The van der Waals surface area contributed by atoms with E-state index >= 15 is 0 Å². The first-order valence-corrected chi connectivity index (χ1v) is 33.7. The smallest absolute Gasteiger partial charge is 0.339 e. The minimum absolute atomic E-state index is 0.0400. The number of aromatic carboxylic acids is 2. The van der Waals surface area contributed by atoms with Crippen molar-refractivity contribution >= 4 is 160 Å². The van der Waals surface area contributed by atoms with Gasteiger partial charge in [0.1, 0.15) is 39.2 Å². The molecule has 15 nitrogen and oxygen atoms in total. The fraction of sp³-hybridized carbons (Fsp3) is 0.208. The third kappa shape index (κ3) is 15.7. The van der Waals surface area contributed by atoms with Crippen LogP contribution in [0.4, 0.5) is 0 Å². The van der Waals surface area contributed by atoms with Crippen molar-refractivity contribution in [2.24, 2.45) is 0 Å². The zero-order chi connectivity index (χ0) is 70.5. The fourth-order valence-corrected chi connectivity index (χ4v) is 13.0. The number of para-hydroxylation sites is 4. The van der Waals surface area contributed by atoms with Crippen LogP contribution in [0.15, 0.2) is 162 Å². The summed E-state index contributed by atoms with van der Waals surface area (Å²) in [6, 6.07) is 36.0. The molecule has 0 aliphatic rings. The first kappa shape index (κ1) is 73.1. The largest absolute Gasteiger partial charge is 0.481 e. The number of ether oxygens (including phenoxy) is 2. The van der Waals surface area contributed by atoms with E-state index in [1.807, 2.05) is 148 Å². The molecule has 494 valence electrons.